The van der Waals surface area contributed by atoms with Gasteiger partial charge in [-0.3, -0.25) is 0 Å². The molecule has 0 saturated carbocycles. The fourth-order valence-electron chi connectivity index (χ4n) is 2.62. The maximum absolute atomic E-state index is 12.2. The normalized spacial score (nSPS) is 11.4. The molecular weight excluding hydrogens is 276 g/mol. The van der Waals surface area contributed by atoms with Gasteiger partial charge in [0.15, 0.2) is 0 Å². The van der Waals surface area contributed by atoms with Crippen molar-refractivity contribution in [2.24, 2.45) is 0 Å². The third-order valence-electron chi connectivity index (χ3n) is 3.99. The number of hydrogen-bond donors (Lipinski definition) is 1. The Morgan fingerprint density at radius 1 is 1.05 bits per heavy atom. The fourth-order valence-corrected chi connectivity index (χ4v) is 2.62. The van der Waals surface area contributed by atoms with Crippen molar-refractivity contribution in [3.05, 3.63) is 64.0 Å². The molecule has 108 valence electrons. The quantitative estimate of drug-likeness (QED) is 0.540. The Morgan fingerprint density at radius 3 is 2.68 bits per heavy atom. The Hall–Kier alpha value is -2.88. The Balaban J connectivity index is 1.98. The van der Waals surface area contributed by atoms with E-state index >= 15 is 0 Å². The number of H-pyrrole nitrogens is 1. The maximum atomic E-state index is 12.2. The summed E-state index contributed by atoms with van der Waals surface area (Å²) >= 11 is 0. The van der Waals surface area contributed by atoms with Crippen molar-refractivity contribution in [1.29, 1.82) is 0 Å². The molecule has 4 rings (SSSR count). The summed E-state index contributed by atoms with van der Waals surface area (Å²) in [5, 5.41) is 0.880. The molecule has 2 heterocycles. The predicted molar refractivity (Wildman–Crippen MR) is 87.0 cm³/mol. The van der Waals surface area contributed by atoms with E-state index in [2.05, 4.69) is 16.9 Å². The lowest BCUT2D eigenvalue weighted by molar-refractivity contribution is 0.563. The molecule has 0 aliphatic rings. The highest BCUT2D eigenvalue weighted by atomic mass is 16.4. The molecule has 4 nitrogen and oxygen atoms in total. The Labute approximate surface area is 126 Å². The van der Waals surface area contributed by atoms with Gasteiger partial charge < -0.3 is 9.40 Å². The van der Waals surface area contributed by atoms with E-state index in [-0.39, 0.29) is 5.63 Å². The lowest BCUT2D eigenvalue weighted by Gasteiger charge is -1.98. The van der Waals surface area contributed by atoms with Crippen LogP contribution < -0.4 is 5.63 Å². The van der Waals surface area contributed by atoms with E-state index in [0.717, 1.165) is 16.4 Å². The average molecular weight is 290 g/mol. The van der Waals surface area contributed by atoms with Gasteiger partial charge in [0.2, 0.25) is 0 Å². The van der Waals surface area contributed by atoms with Gasteiger partial charge in [-0.05, 0) is 49.2 Å². The highest BCUT2D eigenvalue weighted by molar-refractivity contribution is 5.84. The van der Waals surface area contributed by atoms with Crippen molar-refractivity contribution in [3.63, 3.8) is 0 Å². The summed E-state index contributed by atoms with van der Waals surface area (Å²) in [6.45, 7) is 4.10. The molecule has 1 N–H and O–H groups in total. The summed E-state index contributed by atoms with van der Waals surface area (Å²) in [6, 6.07) is 13.3. The highest BCUT2D eigenvalue weighted by Gasteiger charge is 2.12. The molecule has 0 radical (unpaired) electrons. The molecule has 0 aliphatic carbocycles. The minimum Gasteiger partial charge on any atom is -0.422 e. The van der Waals surface area contributed by atoms with Crippen LogP contribution in [0.25, 0.3) is 33.4 Å². The van der Waals surface area contributed by atoms with Crippen LogP contribution in [0.15, 0.2) is 51.7 Å². The number of nitrogens with zero attached hydrogens (tertiary/aromatic N) is 1. The summed E-state index contributed by atoms with van der Waals surface area (Å²) in [5.74, 6) is 0.541. The number of para-hydroxylation sites is 1. The zero-order valence-electron chi connectivity index (χ0n) is 12.3. The van der Waals surface area contributed by atoms with E-state index in [1.807, 2.05) is 43.3 Å². The van der Waals surface area contributed by atoms with Gasteiger partial charge >= 0.3 is 5.63 Å². The molecule has 0 fully saturated rings. The number of fused-ring (bicyclic) bond motifs is 2. The average Bonchev–Trinajstić information content (AvgIpc) is 2.89. The van der Waals surface area contributed by atoms with Gasteiger partial charge in [0.25, 0.3) is 0 Å². The van der Waals surface area contributed by atoms with E-state index < -0.39 is 0 Å². The first kappa shape index (κ1) is 12.8. The van der Waals surface area contributed by atoms with Gasteiger partial charge in [0.1, 0.15) is 17.0 Å². The Bertz CT molecular complexity index is 1030. The Kier molecular flexibility index (Phi) is 2.66. The van der Waals surface area contributed by atoms with E-state index in [4.69, 9.17) is 4.42 Å². The van der Waals surface area contributed by atoms with Gasteiger partial charge in [0.05, 0.1) is 11.0 Å². The molecule has 0 aliphatic heterocycles. The smallest absolute Gasteiger partial charge is 0.347 e. The van der Waals surface area contributed by atoms with Crippen molar-refractivity contribution in [3.8, 4) is 11.4 Å². The molecule has 2 aromatic carbocycles. The molecule has 0 bridgehead atoms. The number of benzene rings is 2. The van der Waals surface area contributed by atoms with Crippen LogP contribution in [0.1, 0.15) is 11.1 Å². The van der Waals surface area contributed by atoms with Gasteiger partial charge in [-0.1, -0.05) is 18.2 Å². The Morgan fingerprint density at radius 2 is 1.82 bits per heavy atom. The molecule has 0 atom stereocenters. The predicted octanol–water partition coefficient (Wildman–Crippen LogP) is 3.95. The third kappa shape index (κ3) is 1.92. The molecule has 4 heteroatoms. The van der Waals surface area contributed by atoms with Crippen molar-refractivity contribution >= 4 is 22.0 Å². The summed E-state index contributed by atoms with van der Waals surface area (Å²) in [6.07, 6.45) is 0. The van der Waals surface area contributed by atoms with Crippen molar-refractivity contribution in [1.82, 2.24) is 9.97 Å². The van der Waals surface area contributed by atoms with Crippen LogP contribution in [0.4, 0.5) is 0 Å². The summed E-state index contributed by atoms with van der Waals surface area (Å²) in [4.78, 5) is 20.0. The number of hydrogen-bond acceptors (Lipinski definition) is 3. The van der Waals surface area contributed by atoms with E-state index in [1.54, 1.807) is 6.07 Å². The minimum absolute atomic E-state index is 0.383. The molecule has 22 heavy (non-hydrogen) atoms. The molecule has 0 amide bonds. The van der Waals surface area contributed by atoms with Crippen LogP contribution >= 0.6 is 0 Å². The topological polar surface area (TPSA) is 58.9 Å². The first-order valence-electron chi connectivity index (χ1n) is 7.12. The lowest BCUT2D eigenvalue weighted by Crippen LogP contribution is -2.03. The van der Waals surface area contributed by atoms with Crippen LogP contribution in [-0.4, -0.2) is 9.97 Å². The zero-order chi connectivity index (χ0) is 15.3. The van der Waals surface area contributed by atoms with Crippen LogP contribution in [-0.2, 0) is 0 Å². The number of nitrogens with one attached hydrogen (secondary N) is 1. The third-order valence-corrected chi connectivity index (χ3v) is 3.99. The van der Waals surface area contributed by atoms with E-state index in [0.29, 0.717) is 17.0 Å². The second kappa shape index (κ2) is 4.56. The van der Waals surface area contributed by atoms with Crippen LogP contribution in [0, 0.1) is 13.8 Å². The summed E-state index contributed by atoms with van der Waals surface area (Å²) in [5.41, 5.74) is 4.79. The molecule has 0 unspecified atom stereocenters. The van der Waals surface area contributed by atoms with Crippen LogP contribution in [0.2, 0.25) is 0 Å². The van der Waals surface area contributed by atoms with Crippen molar-refractivity contribution < 1.29 is 4.42 Å². The van der Waals surface area contributed by atoms with Gasteiger partial charge in [-0.25, -0.2) is 9.78 Å². The molecule has 0 spiro atoms. The largest absolute Gasteiger partial charge is 0.422 e. The first-order valence-corrected chi connectivity index (χ1v) is 7.12. The number of aromatic nitrogens is 2. The van der Waals surface area contributed by atoms with Crippen molar-refractivity contribution in [2.45, 2.75) is 13.8 Å². The standard InChI is InChI=1S/C18H14N2O2/c1-10-7-14-15(8-11(10)2)20-17(19-14)13-9-12-5-3-4-6-16(12)22-18(13)21/h3-9H,1-2H3,(H,19,20). The number of aromatic amines is 1. The second-order valence-electron chi connectivity index (χ2n) is 5.52. The second-order valence-corrected chi connectivity index (χ2v) is 5.52. The fraction of sp³-hybridized carbons (Fsp3) is 0.111. The number of aryl methyl sites for hydroxylation is 2. The summed E-state index contributed by atoms with van der Waals surface area (Å²) < 4.78 is 5.38. The van der Waals surface area contributed by atoms with Gasteiger partial charge in [-0.15, -0.1) is 0 Å². The lowest BCUT2D eigenvalue weighted by atomic mass is 10.1. The van der Waals surface area contributed by atoms with Gasteiger partial charge in [0, 0.05) is 5.39 Å². The SMILES string of the molecule is Cc1cc2nc(-c3cc4ccccc4oc3=O)[nH]c2cc1C. The first-order chi connectivity index (χ1) is 10.6. The molecule has 0 saturated heterocycles. The van der Waals surface area contributed by atoms with Crippen LogP contribution in [0.3, 0.4) is 0 Å². The van der Waals surface area contributed by atoms with Gasteiger partial charge in [-0.2, -0.15) is 0 Å². The minimum atomic E-state index is -0.383. The number of rotatable bonds is 1. The zero-order valence-corrected chi connectivity index (χ0v) is 12.3. The highest BCUT2D eigenvalue weighted by Crippen LogP contribution is 2.23. The maximum Gasteiger partial charge on any atom is 0.347 e. The van der Waals surface area contributed by atoms with Crippen molar-refractivity contribution in [2.75, 3.05) is 0 Å². The monoisotopic (exact) mass is 290 g/mol. The number of imidazole rings is 1. The van der Waals surface area contributed by atoms with Crippen LogP contribution in [0.5, 0.6) is 0 Å². The van der Waals surface area contributed by atoms with E-state index in [9.17, 15) is 4.79 Å². The molecular formula is C18H14N2O2. The molecule has 4 aromatic rings. The molecule has 2 aromatic heterocycles. The van der Waals surface area contributed by atoms with E-state index in [1.165, 1.54) is 11.1 Å². The summed E-state index contributed by atoms with van der Waals surface area (Å²) in [7, 11) is 0.